The molecular weight excluding hydrogens is 458 g/mol. The summed E-state index contributed by atoms with van der Waals surface area (Å²) < 4.78 is 9.50. The maximum absolute atomic E-state index is 12.6. The van der Waals surface area contributed by atoms with E-state index in [1.807, 2.05) is 16.8 Å². The van der Waals surface area contributed by atoms with E-state index >= 15 is 0 Å². The van der Waals surface area contributed by atoms with Gasteiger partial charge < -0.3 is 19.2 Å². The monoisotopic (exact) mass is 485 g/mol. The maximum Gasteiger partial charge on any atom is 0.276 e. The fourth-order valence-corrected chi connectivity index (χ4v) is 5.32. The average Bonchev–Trinajstić information content (AvgIpc) is 3.49. The van der Waals surface area contributed by atoms with Crippen LogP contribution in [0.25, 0.3) is 16.6 Å². The molecule has 4 aromatic rings. The number of fused-ring (bicyclic) bond motifs is 2. The molecular formula is C22H28ClN7O2Si. The van der Waals surface area contributed by atoms with Crippen LogP contribution in [-0.4, -0.2) is 50.4 Å². The Morgan fingerprint density at radius 1 is 1.24 bits per heavy atom. The molecule has 1 aliphatic heterocycles. The SMILES string of the molecule is C[Si](C)(C)CCOCn1ccc2c(N3CCCC3c3nn4ccc(Cl)c4c(=O)[nH]3)ncnc21. The lowest BCUT2D eigenvalue weighted by Crippen LogP contribution is -2.28. The molecule has 5 heterocycles. The number of rotatable bonds is 7. The average molecular weight is 486 g/mol. The molecule has 0 bridgehead atoms. The highest BCUT2D eigenvalue weighted by molar-refractivity contribution is 6.76. The van der Waals surface area contributed by atoms with Crippen molar-refractivity contribution in [1.29, 1.82) is 0 Å². The Kier molecular flexibility index (Phi) is 5.75. The summed E-state index contributed by atoms with van der Waals surface area (Å²) in [5.41, 5.74) is 0.963. The number of hydrogen-bond donors (Lipinski definition) is 1. The molecule has 0 aliphatic carbocycles. The molecule has 0 radical (unpaired) electrons. The molecule has 4 aromatic heterocycles. The van der Waals surface area contributed by atoms with E-state index in [0.29, 0.717) is 23.1 Å². The molecule has 1 atom stereocenters. The van der Waals surface area contributed by atoms with E-state index in [4.69, 9.17) is 16.3 Å². The number of nitrogens with one attached hydrogen (secondary N) is 1. The van der Waals surface area contributed by atoms with Gasteiger partial charge in [0.1, 0.15) is 30.0 Å². The van der Waals surface area contributed by atoms with Crippen molar-refractivity contribution < 1.29 is 4.74 Å². The number of ether oxygens (including phenoxy) is 1. The molecule has 0 spiro atoms. The van der Waals surface area contributed by atoms with Gasteiger partial charge in [-0.25, -0.2) is 14.5 Å². The van der Waals surface area contributed by atoms with Crippen molar-refractivity contribution >= 4 is 42.0 Å². The molecule has 0 aromatic carbocycles. The summed E-state index contributed by atoms with van der Waals surface area (Å²) in [4.78, 5) is 26.9. The minimum Gasteiger partial charge on any atom is -0.361 e. The topological polar surface area (TPSA) is 93.3 Å². The molecule has 1 aliphatic rings. The van der Waals surface area contributed by atoms with Crippen LogP contribution in [0.5, 0.6) is 0 Å². The van der Waals surface area contributed by atoms with Crippen LogP contribution in [0.15, 0.2) is 35.6 Å². The highest BCUT2D eigenvalue weighted by Crippen LogP contribution is 2.36. The van der Waals surface area contributed by atoms with Gasteiger partial charge in [-0.1, -0.05) is 31.2 Å². The normalized spacial score (nSPS) is 17.0. The number of aromatic nitrogens is 6. The summed E-state index contributed by atoms with van der Waals surface area (Å²) in [5, 5.41) is 6.00. The van der Waals surface area contributed by atoms with E-state index < -0.39 is 8.07 Å². The van der Waals surface area contributed by atoms with E-state index in [1.165, 1.54) is 0 Å². The molecule has 1 unspecified atom stereocenters. The first kappa shape index (κ1) is 22.1. The standard InChI is InChI=1S/C22H28ClN7O2Si/c1-33(2,3)12-11-32-14-28-9-6-15-20(28)24-13-25-21(15)29-8-4-5-17(29)19-26-22(31)18-16(23)7-10-30(18)27-19/h6-7,9-10,13,17H,4-5,8,11-12,14H2,1-3H3,(H,26,27,31). The van der Waals surface area contributed by atoms with Crippen LogP contribution in [-0.2, 0) is 11.5 Å². The van der Waals surface area contributed by atoms with Gasteiger partial charge in [0.15, 0.2) is 5.82 Å². The highest BCUT2D eigenvalue weighted by Gasteiger charge is 2.31. The number of halogens is 1. The Bertz CT molecular complexity index is 1360. The summed E-state index contributed by atoms with van der Waals surface area (Å²) in [6.07, 6.45) is 7.15. The van der Waals surface area contributed by atoms with Crippen LogP contribution in [0.3, 0.4) is 0 Å². The highest BCUT2D eigenvalue weighted by atomic mass is 35.5. The van der Waals surface area contributed by atoms with Crippen LogP contribution in [0.4, 0.5) is 5.82 Å². The molecule has 9 nitrogen and oxygen atoms in total. The minimum absolute atomic E-state index is 0.0854. The quantitative estimate of drug-likeness (QED) is 0.313. The predicted molar refractivity (Wildman–Crippen MR) is 132 cm³/mol. The molecule has 1 saturated heterocycles. The van der Waals surface area contributed by atoms with E-state index in [-0.39, 0.29) is 11.6 Å². The van der Waals surface area contributed by atoms with Gasteiger partial charge >= 0.3 is 0 Å². The zero-order valence-corrected chi connectivity index (χ0v) is 20.8. The third-order valence-corrected chi connectivity index (χ3v) is 8.10. The van der Waals surface area contributed by atoms with Crippen LogP contribution in [0.2, 0.25) is 30.7 Å². The van der Waals surface area contributed by atoms with Gasteiger partial charge in [-0.05, 0) is 31.0 Å². The molecule has 0 amide bonds. The zero-order valence-electron chi connectivity index (χ0n) is 19.1. The van der Waals surface area contributed by atoms with E-state index in [0.717, 1.165) is 48.9 Å². The lowest BCUT2D eigenvalue weighted by atomic mass is 10.2. The van der Waals surface area contributed by atoms with Crippen molar-refractivity contribution in [2.24, 2.45) is 0 Å². The Hall–Kier alpha value is -2.69. The first-order valence-corrected chi connectivity index (χ1v) is 15.3. The largest absolute Gasteiger partial charge is 0.361 e. The van der Waals surface area contributed by atoms with Crippen LogP contribution in [0.1, 0.15) is 24.7 Å². The lowest BCUT2D eigenvalue weighted by Gasteiger charge is -2.25. The predicted octanol–water partition coefficient (Wildman–Crippen LogP) is 4.07. The summed E-state index contributed by atoms with van der Waals surface area (Å²) in [7, 11) is -1.13. The van der Waals surface area contributed by atoms with Crippen molar-refractivity contribution in [1.82, 2.24) is 29.1 Å². The Morgan fingerprint density at radius 2 is 2.09 bits per heavy atom. The van der Waals surface area contributed by atoms with Crippen LogP contribution in [0, 0.1) is 0 Å². The van der Waals surface area contributed by atoms with Gasteiger partial charge in [0.2, 0.25) is 0 Å². The molecule has 5 rings (SSSR count). The van der Waals surface area contributed by atoms with E-state index in [9.17, 15) is 4.79 Å². The molecule has 174 valence electrons. The van der Waals surface area contributed by atoms with Crippen molar-refractivity contribution in [3.05, 3.63) is 52.1 Å². The fourth-order valence-electron chi connectivity index (χ4n) is 4.33. The molecule has 1 fully saturated rings. The number of nitrogens with zero attached hydrogens (tertiary/aromatic N) is 6. The maximum atomic E-state index is 12.6. The second kappa shape index (κ2) is 8.58. The number of hydrogen-bond acceptors (Lipinski definition) is 6. The Balaban J connectivity index is 1.43. The summed E-state index contributed by atoms with van der Waals surface area (Å²) >= 11 is 6.13. The molecule has 33 heavy (non-hydrogen) atoms. The Labute approximate surface area is 197 Å². The second-order valence-corrected chi connectivity index (χ2v) is 15.7. The van der Waals surface area contributed by atoms with Crippen molar-refractivity contribution in [2.45, 2.75) is 51.3 Å². The van der Waals surface area contributed by atoms with Gasteiger partial charge in [-0.2, -0.15) is 5.10 Å². The minimum atomic E-state index is -1.13. The third kappa shape index (κ3) is 4.30. The Morgan fingerprint density at radius 3 is 2.91 bits per heavy atom. The smallest absolute Gasteiger partial charge is 0.276 e. The number of H-pyrrole nitrogens is 1. The lowest BCUT2D eigenvalue weighted by molar-refractivity contribution is 0.0899. The van der Waals surface area contributed by atoms with Crippen LogP contribution >= 0.6 is 11.6 Å². The third-order valence-electron chi connectivity index (χ3n) is 6.09. The van der Waals surface area contributed by atoms with Gasteiger partial charge in [0.05, 0.1) is 16.5 Å². The van der Waals surface area contributed by atoms with Gasteiger partial charge in [-0.15, -0.1) is 0 Å². The fraction of sp³-hybridized carbons (Fsp3) is 0.455. The summed E-state index contributed by atoms with van der Waals surface area (Å²) in [6, 6.07) is 4.76. The van der Waals surface area contributed by atoms with Crippen molar-refractivity contribution in [3.8, 4) is 0 Å². The summed E-state index contributed by atoms with van der Waals surface area (Å²) in [6.45, 7) is 9.08. The van der Waals surface area contributed by atoms with E-state index in [1.54, 1.807) is 23.1 Å². The second-order valence-electron chi connectivity index (χ2n) is 9.72. The molecule has 11 heteroatoms. The molecule has 0 saturated carbocycles. The number of anilines is 1. The first-order valence-electron chi connectivity index (χ1n) is 11.2. The van der Waals surface area contributed by atoms with Crippen molar-refractivity contribution in [3.63, 3.8) is 0 Å². The van der Waals surface area contributed by atoms with Crippen molar-refractivity contribution in [2.75, 3.05) is 18.1 Å². The number of aromatic amines is 1. The zero-order chi connectivity index (χ0) is 23.2. The first-order chi connectivity index (χ1) is 15.8. The van der Waals surface area contributed by atoms with Crippen LogP contribution < -0.4 is 10.5 Å². The van der Waals surface area contributed by atoms with Gasteiger partial charge in [0, 0.05) is 33.6 Å². The van der Waals surface area contributed by atoms with Gasteiger partial charge in [0.25, 0.3) is 5.56 Å². The van der Waals surface area contributed by atoms with E-state index in [2.05, 4.69) is 44.6 Å². The molecule has 1 N–H and O–H groups in total. The summed E-state index contributed by atoms with van der Waals surface area (Å²) in [5.74, 6) is 1.45. The van der Waals surface area contributed by atoms with Gasteiger partial charge in [-0.3, -0.25) is 4.79 Å².